The number of fused-ring (bicyclic) bond motifs is 1. The Labute approximate surface area is 123 Å². The minimum Gasteiger partial charge on any atom is -0.423 e. The molecule has 7 heteroatoms. The van der Waals surface area contributed by atoms with Crippen LogP contribution in [0.4, 0.5) is 0 Å². The second-order valence-corrected chi connectivity index (χ2v) is 6.53. The van der Waals surface area contributed by atoms with Crippen LogP contribution in [0.1, 0.15) is 13.8 Å². The van der Waals surface area contributed by atoms with Gasteiger partial charge in [-0.1, -0.05) is 6.92 Å². The molecule has 1 heterocycles. The first kappa shape index (κ1) is 15.7. The van der Waals surface area contributed by atoms with Crippen molar-refractivity contribution in [2.45, 2.75) is 24.8 Å². The summed E-state index contributed by atoms with van der Waals surface area (Å²) in [5, 5.41) is 3.70. The van der Waals surface area contributed by atoms with Crippen LogP contribution in [0.25, 0.3) is 11.0 Å². The molecule has 0 spiro atoms. The van der Waals surface area contributed by atoms with E-state index >= 15 is 0 Å². The molecule has 0 aliphatic heterocycles. The zero-order chi connectivity index (χ0) is 15.5. The lowest BCUT2D eigenvalue weighted by Gasteiger charge is -2.13. The van der Waals surface area contributed by atoms with Gasteiger partial charge in [-0.25, -0.2) is 17.9 Å². The van der Waals surface area contributed by atoms with E-state index in [9.17, 15) is 13.2 Å². The minimum absolute atomic E-state index is 0.0447. The van der Waals surface area contributed by atoms with Gasteiger partial charge in [0.2, 0.25) is 10.0 Å². The maximum atomic E-state index is 12.2. The molecule has 0 fully saturated rings. The molecule has 1 atom stereocenters. The normalized spacial score (nSPS) is 13.4. The van der Waals surface area contributed by atoms with Gasteiger partial charge in [0, 0.05) is 24.0 Å². The Hall–Kier alpha value is -1.70. The number of sulfonamides is 1. The fourth-order valence-electron chi connectivity index (χ4n) is 1.96. The molecule has 0 amide bonds. The molecule has 0 aliphatic carbocycles. The highest BCUT2D eigenvalue weighted by Crippen LogP contribution is 2.17. The van der Waals surface area contributed by atoms with Crippen LogP contribution in [-0.2, 0) is 10.0 Å². The van der Waals surface area contributed by atoms with E-state index in [4.69, 9.17) is 4.42 Å². The number of hydrogen-bond donors (Lipinski definition) is 2. The molecule has 0 unspecified atom stereocenters. The van der Waals surface area contributed by atoms with Crippen molar-refractivity contribution in [3.63, 3.8) is 0 Å². The van der Waals surface area contributed by atoms with Gasteiger partial charge in [-0.15, -0.1) is 0 Å². The largest absolute Gasteiger partial charge is 0.423 e. The second-order valence-electron chi connectivity index (χ2n) is 4.76. The molecule has 6 nitrogen and oxygen atoms in total. The van der Waals surface area contributed by atoms with Gasteiger partial charge in [0.15, 0.2) is 0 Å². The third-order valence-electron chi connectivity index (χ3n) is 3.03. The third kappa shape index (κ3) is 3.90. The summed E-state index contributed by atoms with van der Waals surface area (Å²) in [6.07, 6.45) is 0. The lowest BCUT2D eigenvalue weighted by molar-refractivity contribution is 0.536. The first-order valence-corrected chi connectivity index (χ1v) is 8.17. The van der Waals surface area contributed by atoms with E-state index in [2.05, 4.69) is 10.0 Å². The Morgan fingerprint density at radius 3 is 2.71 bits per heavy atom. The van der Waals surface area contributed by atoms with Crippen molar-refractivity contribution < 1.29 is 12.8 Å². The number of benzene rings is 1. The molecular weight excluding hydrogens is 292 g/mol. The molecule has 0 bridgehead atoms. The molecule has 114 valence electrons. The summed E-state index contributed by atoms with van der Waals surface area (Å²) in [5.74, 6) is 0. The smallest absolute Gasteiger partial charge is 0.336 e. The van der Waals surface area contributed by atoms with E-state index in [0.29, 0.717) is 17.5 Å². The zero-order valence-electron chi connectivity index (χ0n) is 11.9. The first-order valence-electron chi connectivity index (χ1n) is 6.69. The maximum Gasteiger partial charge on any atom is 0.336 e. The quantitative estimate of drug-likeness (QED) is 0.779. The predicted octanol–water partition coefficient (Wildman–Crippen LogP) is 1.07. The molecule has 21 heavy (non-hydrogen) atoms. The highest BCUT2D eigenvalue weighted by Gasteiger charge is 2.15. The SMILES string of the molecule is CCN[C@H](C)CNS(=O)(=O)c1ccc2oc(=O)ccc2c1. The summed E-state index contributed by atoms with van der Waals surface area (Å²) in [5.41, 5.74) is -0.0989. The molecule has 1 aromatic heterocycles. The Kier molecular flexibility index (Phi) is 4.76. The Morgan fingerprint density at radius 1 is 1.24 bits per heavy atom. The van der Waals surface area contributed by atoms with Crippen LogP contribution in [0.15, 0.2) is 44.4 Å². The molecule has 2 rings (SSSR count). The van der Waals surface area contributed by atoms with Crippen molar-refractivity contribution in [1.29, 1.82) is 0 Å². The fourth-order valence-corrected chi connectivity index (χ4v) is 3.12. The Bertz CT molecular complexity index is 783. The summed E-state index contributed by atoms with van der Waals surface area (Å²) in [6.45, 7) is 4.94. The summed E-state index contributed by atoms with van der Waals surface area (Å²) in [7, 11) is -3.59. The van der Waals surface area contributed by atoms with Crippen molar-refractivity contribution in [3.8, 4) is 0 Å². The van der Waals surface area contributed by atoms with E-state index in [0.717, 1.165) is 6.54 Å². The first-order chi connectivity index (χ1) is 9.92. The zero-order valence-corrected chi connectivity index (χ0v) is 12.7. The van der Waals surface area contributed by atoms with Gasteiger partial charge in [0.05, 0.1) is 4.90 Å². The van der Waals surface area contributed by atoms with Crippen molar-refractivity contribution in [3.05, 3.63) is 40.8 Å². The molecule has 0 saturated heterocycles. The fraction of sp³-hybridized carbons (Fsp3) is 0.357. The van der Waals surface area contributed by atoms with Gasteiger partial charge in [-0.2, -0.15) is 0 Å². The van der Waals surface area contributed by atoms with Gasteiger partial charge in [0.25, 0.3) is 0 Å². The lowest BCUT2D eigenvalue weighted by atomic mass is 10.2. The lowest BCUT2D eigenvalue weighted by Crippen LogP contribution is -2.38. The summed E-state index contributed by atoms with van der Waals surface area (Å²) < 4.78 is 32.0. The van der Waals surface area contributed by atoms with Crippen LogP contribution in [0.3, 0.4) is 0 Å². The van der Waals surface area contributed by atoms with E-state index in [1.165, 1.54) is 24.3 Å². The van der Waals surface area contributed by atoms with E-state index in [1.54, 1.807) is 6.07 Å². The molecule has 2 N–H and O–H groups in total. The number of rotatable bonds is 6. The Balaban J connectivity index is 2.24. The Morgan fingerprint density at radius 2 is 2.00 bits per heavy atom. The summed E-state index contributed by atoms with van der Waals surface area (Å²) >= 11 is 0. The van der Waals surface area contributed by atoms with E-state index in [-0.39, 0.29) is 10.9 Å². The van der Waals surface area contributed by atoms with Crippen LogP contribution in [0.2, 0.25) is 0 Å². The molecule has 1 aromatic carbocycles. The highest BCUT2D eigenvalue weighted by atomic mass is 32.2. The van der Waals surface area contributed by atoms with E-state index < -0.39 is 15.6 Å². The third-order valence-corrected chi connectivity index (χ3v) is 4.45. The van der Waals surface area contributed by atoms with Crippen molar-refractivity contribution in [2.75, 3.05) is 13.1 Å². The second kappa shape index (κ2) is 6.38. The topological polar surface area (TPSA) is 88.4 Å². The molecule has 0 aliphatic rings. The summed E-state index contributed by atoms with van der Waals surface area (Å²) in [6, 6.07) is 7.24. The predicted molar refractivity (Wildman–Crippen MR) is 80.8 cm³/mol. The molecule has 2 aromatic rings. The molecule has 0 radical (unpaired) electrons. The van der Waals surface area contributed by atoms with Crippen LogP contribution < -0.4 is 15.7 Å². The average Bonchev–Trinajstić information content (AvgIpc) is 2.45. The van der Waals surface area contributed by atoms with Gasteiger partial charge < -0.3 is 9.73 Å². The van der Waals surface area contributed by atoms with Gasteiger partial charge in [0.1, 0.15) is 5.58 Å². The van der Waals surface area contributed by atoms with Crippen LogP contribution in [0, 0.1) is 0 Å². The molecule has 0 saturated carbocycles. The van der Waals surface area contributed by atoms with Gasteiger partial charge in [-0.3, -0.25) is 0 Å². The van der Waals surface area contributed by atoms with Crippen LogP contribution >= 0.6 is 0 Å². The maximum absolute atomic E-state index is 12.2. The van der Waals surface area contributed by atoms with Gasteiger partial charge >= 0.3 is 5.63 Å². The number of likely N-dealkylation sites (N-methyl/N-ethyl adjacent to an activating group) is 1. The van der Waals surface area contributed by atoms with Crippen LogP contribution in [-0.4, -0.2) is 27.5 Å². The van der Waals surface area contributed by atoms with E-state index in [1.807, 2.05) is 13.8 Å². The molecular formula is C14H18N2O4S. The standard InChI is InChI=1S/C14H18N2O4S/c1-3-15-10(2)9-16-21(18,19)12-5-6-13-11(8-12)4-7-14(17)20-13/h4-8,10,15-16H,3,9H2,1-2H3/t10-/m1/s1. The van der Waals surface area contributed by atoms with Crippen LogP contribution in [0.5, 0.6) is 0 Å². The minimum atomic E-state index is -3.59. The summed E-state index contributed by atoms with van der Waals surface area (Å²) in [4.78, 5) is 11.2. The van der Waals surface area contributed by atoms with Crippen molar-refractivity contribution >= 4 is 21.0 Å². The van der Waals surface area contributed by atoms with Gasteiger partial charge in [-0.05, 0) is 37.7 Å². The number of hydrogen-bond acceptors (Lipinski definition) is 5. The van der Waals surface area contributed by atoms with Crippen molar-refractivity contribution in [2.24, 2.45) is 0 Å². The van der Waals surface area contributed by atoms with Crippen molar-refractivity contribution in [1.82, 2.24) is 10.0 Å². The average molecular weight is 310 g/mol. The highest BCUT2D eigenvalue weighted by molar-refractivity contribution is 7.89. The number of nitrogens with one attached hydrogen (secondary N) is 2. The monoisotopic (exact) mass is 310 g/mol.